The molecule has 0 amide bonds. The van der Waals surface area contributed by atoms with E-state index in [-0.39, 0.29) is 0 Å². The van der Waals surface area contributed by atoms with Crippen LogP contribution in [0.15, 0.2) is 188 Å². The number of hydrogen-bond donors (Lipinski definition) is 0. The Hall–Kier alpha value is -6.22. The lowest BCUT2D eigenvalue weighted by Gasteiger charge is -2.27. The van der Waals surface area contributed by atoms with Crippen molar-refractivity contribution in [1.82, 2.24) is 0 Å². The van der Waals surface area contributed by atoms with Crippen molar-refractivity contribution in [3.63, 3.8) is 0 Å². The van der Waals surface area contributed by atoms with Crippen molar-refractivity contribution in [3.05, 3.63) is 188 Å². The number of anilines is 3. The SMILES string of the molecule is c1ccc(-c2ccc(N(c3cccc(-c4cc5ccccc5c5ccccc45)c3)c3cccc4sc5c6ccccc6ccc5c34)cc2)cc1. The molecule has 1 heterocycles. The van der Waals surface area contributed by atoms with E-state index in [0.29, 0.717) is 0 Å². The number of nitrogens with zero attached hydrogens (tertiary/aromatic N) is 1. The first-order chi connectivity index (χ1) is 24.8. The van der Waals surface area contributed by atoms with E-state index in [1.807, 2.05) is 11.3 Å². The number of thiophene rings is 1. The van der Waals surface area contributed by atoms with Gasteiger partial charge in [-0.15, -0.1) is 11.3 Å². The van der Waals surface area contributed by atoms with Crippen molar-refractivity contribution in [1.29, 1.82) is 0 Å². The van der Waals surface area contributed by atoms with Gasteiger partial charge in [-0.05, 0) is 97.0 Å². The monoisotopic (exact) mass is 653 g/mol. The summed E-state index contributed by atoms with van der Waals surface area (Å²) >= 11 is 1.89. The first-order valence-electron chi connectivity index (χ1n) is 17.1. The molecule has 0 aliphatic rings. The number of fused-ring (bicyclic) bond motifs is 8. The van der Waals surface area contributed by atoms with Gasteiger partial charge in [0.2, 0.25) is 0 Å². The molecule has 10 rings (SSSR count). The number of hydrogen-bond acceptors (Lipinski definition) is 2. The predicted molar refractivity (Wildman–Crippen MR) is 217 cm³/mol. The molecule has 1 nitrogen and oxygen atoms in total. The fraction of sp³-hybridized carbons (Fsp3) is 0. The second kappa shape index (κ2) is 11.7. The minimum absolute atomic E-state index is 1.12. The van der Waals surface area contributed by atoms with Crippen LogP contribution in [0.2, 0.25) is 0 Å². The molecule has 50 heavy (non-hydrogen) atoms. The summed E-state index contributed by atoms with van der Waals surface area (Å²) in [6.07, 6.45) is 0. The van der Waals surface area contributed by atoms with E-state index in [9.17, 15) is 0 Å². The van der Waals surface area contributed by atoms with Crippen LogP contribution in [0.1, 0.15) is 0 Å². The summed E-state index contributed by atoms with van der Waals surface area (Å²) < 4.78 is 2.62. The highest BCUT2D eigenvalue weighted by molar-refractivity contribution is 7.26. The lowest BCUT2D eigenvalue weighted by molar-refractivity contribution is 1.30. The van der Waals surface area contributed by atoms with E-state index in [0.717, 1.165) is 11.4 Å². The van der Waals surface area contributed by atoms with Crippen LogP contribution in [-0.4, -0.2) is 0 Å². The van der Waals surface area contributed by atoms with Crippen LogP contribution >= 0.6 is 11.3 Å². The van der Waals surface area contributed by atoms with Crippen molar-refractivity contribution >= 4 is 80.9 Å². The molecule has 10 aromatic rings. The molecule has 0 bridgehead atoms. The molecule has 0 unspecified atom stereocenters. The third kappa shape index (κ3) is 4.69. The molecule has 9 aromatic carbocycles. The maximum absolute atomic E-state index is 2.45. The third-order valence-corrected chi connectivity index (χ3v) is 11.2. The van der Waals surface area contributed by atoms with Crippen LogP contribution in [0.5, 0.6) is 0 Å². The zero-order valence-corrected chi connectivity index (χ0v) is 28.1. The number of rotatable bonds is 5. The minimum Gasteiger partial charge on any atom is -0.310 e. The van der Waals surface area contributed by atoms with E-state index in [1.54, 1.807) is 0 Å². The standard InChI is InChI=1S/C48H31NS/c1-2-12-32(13-3-1)33-24-27-37(28-25-33)49(45-22-11-23-46-47(45)43-29-26-34-14-4-7-19-40(34)48(43)50-46)38-17-10-16-35(30-38)44-31-36-15-5-6-18-39(36)41-20-8-9-21-42(41)44/h1-31H. The Bertz CT molecular complexity index is 2870. The molecule has 2 heteroatoms. The summed E-state index contributed by atoms with van der Waals surface area (Å²) in [6.45, 7) is 0. The first kappa shape index (κ1) is 28.8. The fourth-order valence-electron chi connectivity index (χ4n) is 7.69. The van der Waals surface area contributed by atoms with Crippen LogP contribution in [0.3, 0.4) is 0 Å². The van der Waals surface area contributed by atoms with Gasteiger partial charge in [0.15, 0.2) is 0 Å². The highest BCUT2D eigenvalue weighted by Gasteiger charge is 2.20. The summed E-state index contributed by atoms with van der Waals surface area (Å²) in [5.74, 6) is 0. The van der Waals surface area contributed by atoms with Gasteiger partial charge in [0, 0.05) is 31.5 Å². The average molecular weight is 654 g/mol. The Balaban J connectivity index is 1.21. The zero-order valence-electron chi connectivity index (χ0n) is 27.3. The van der Waals surface area contributed by atoms with Gasteiger partial charge < -0.3 is 4.90 Å². The van der Waals surface area contributed by atoms with Gasteiger partial charge in [-0.25, -0.2) is 0 Å². The molecule has 0 fully saturated rings. The number of benzene rings is 9. The molecular formula is C48H31NS. The van der Waals surface area contributed by atoms with Crippen LogP contribution in [0.25, 0.3) is 74.7 Å². The van der Waals surface area contributed by atoms with E-state index in [1.165, 1.54) is 80.4 Å². The quantitative estimate of drug-likeness (QED) is 0.167. The summed E-state index contributed by atoms with van der Waals surface area (Å²) in [7, 11) is 0. The molecular weight excluding hydrogens is 623 g/mol. The van der Waals surface area contributed by atoms with Gasteiger partial charge in [0.1, 0.15) is 0 Å². The van der Waals surface area contributed by atoms with E-state index >= 15 is 0 Å². The lowest BCUT2D eigenvalue weighted by atomic mass is 9.93. The second-order valence-corrected chi connectivity index (χ2v) is 14.0. The zero-order chi connectivity index (χ0) is 33.0. The molecule has 0 saturated carbocycles. The first-order valence-corrected chi connectivity index (χ1v) is 17.9. The summed E-state index contributed by atoms with van der Waals surface area (Å²) in [4.78, 5) is 2.45. The lowest BCUT2D eigenvalue weighted by Crippen LogP contribution is -2.10. The summed E-state index contributed by atoms with van der Waals surface area (Å²) in [5.41, 5.74) is 8.29. The van der Waals surface area contributed by atoms with Crippen LogP contribution in [0.4, 0.5) is 17.1 Å². The van der Waals surface area contributed by atoms with Crippen molar-refractivity contribution in [2.24, 2.45) is 0 Å². The third-order valence-electron chi connectivity index (χ3n) is 10.0. The van der Waals surface area contributed by atoms with Gasteiger partial charge >= 0.3 is 0 Å². The molecule has 234 valence electrons. The Kier molecular flexibility index (Phi) is 6.75. The highest BCUT2D eigenvalue weighted by atomic mass is 32.1. The Morgan fingerprint density at radius 3 is 1.86 bits per heavy atom. The Morgan fingerprint density at radius 1 is 0.360 bits per heavy atom. The molecule has 0 N–H and O–H groups in total. The Morgan fingerprint density at radius 2 is 1.02 bits per heavy atom. The van der Waals surface area contributed by atoms with Gasteiger partial charge in [-0.1, -0.05) is 146 Å². The smallest absolute Gasteiger partial charge is 0.0554 e. The minimum atomic E-state index is 1.12. The normalized spacial score (nSPS) is 11.6. The maximum atomic E-state index is 2.45. The molecule has 0 radical (unpaired) electrons. The maximum Gasteiger partial charge on any atom is 0.0554 e. The van der Waals surface area contributed by atoms with E-state index in [4.69, 9.17) is 0 Å². The summed E-state index contributed by atoms with van der Waals surface area (Å²) in [6, 6.07) is 68.7. The average Bonchev–Trinajstić information content (AvgIpc) is 3.59. The molecule has 1 aromatic heterocycles. The molecule has 0 saturated heterocycles. The predicted octanol–water partition coefficient (Wildman–Crippen LogP) is 14.3. The molecule has 0 aliphatic heterocycles. The second-order valence-electron chi connectivity index (χ2n) is 12.9. The topological polar surface area (TPSA) is 3.24 Å². The van der Waals surface area contributed by atoms with Gasteiger partial charge in [0.05, 0.1) is 5.69 Å². The van der Waals surface area contributed by atoms with Crippen LogP contribution < -0.4 is 4.90 Å². The van der Waals surface area contributed by atoms with Crippen LogP contribution in [0, 0.1) is 0 Å². The van der Waals surface area contributed by atoms with Gasteiger partial charge in [-0.2, -0.15) is 0 Å². The van der Waals surface area contributed by atoms with Crippen LogP contribution in [-0.2, 0) is 0 Å². The molecule has 0 atom stereocenters. The van der Waals surface area contributed by atoms with Gasteiger partial charge in [0.25, 0.3) is 0 Å². The highest BCUT2D eigenvalue weighted by Crippen LogP contribution is 2.47. The Labute approximate surface area is 294 Å². The van der Waals surface area contributed by atoms with Crippen molar-refractivity contribution < 1.29 is 0 Å². The fourth-order valence-corrected chi connectivity index (χ4v) is 8.95. The van der Waals surface area contributed by atoms with Crippen molar-refractivity contribution in [2.75, 3.05) is 4.90 Å². The summed E-state index contributed by atoms with van der Waals surface area (Å²) in [5, 5.41) is 10.2. The van der Waals surface area contributed by atoms with E-state index < -0.39 is 0 Å². The largest absolute Gasteiger partial charge is 0.310 e. The molecule has 0 spiro atoms. The van der Waals surface area contributed by atoms with Crippen molar-refractivity contribution in [2.45, 2.75) is 0 Å². The van der Waals surface area contributed by atoms with Gasteiger partial charge in [-0.3, -0.25) is 0 Å². The van der Waals surface area contributed by atoms with Crippen molar-refractivity contribution in [3.8, 4) is 22.3 Å². The molecule has 0 aliphatic carbocycles. The van der Waals surface area contributed by atoms with E-state index in [2.05, 4.69) is 193 Å².